The Hall–Kier alpha value is -2.27. The Morgan fingerprint density at radius 3 is 2.62 bits per heavy atom. The van der Waals surface area contributed by atoms with Gasteiger partial charge in [-0.3, -0.25) is 0 Å². The molecule has 150 valence electrons. The number of benzene rings is 2. The van der Waals surface area contributed by atoms with Crippen molar-refractivity contribution in [2.75, 3.05) is 0 Å². The number of rotatable bonds is 6. The summed E-state index contributed by atoms with van der Waals surface area (Å²) < 4.78 is 35.6. The maximum absolute atomic E-state index is 13.0. The van der Waals surface area contributed by atoms with E-state index in [0.717, 1.165) is 20.1 Å². The second-order valence-corrected chi connectivity index (χ2v) is 10.0. The molecule has 0 aliphatic heterocycles. The minimum Gasteiger partial charge on any atom is -0.391 e. The van der Waals surface area contributed by atoms with E-state index in [1.165, 1.54) is 12.1 Å². The lowest BCUT2D eigenvalue weighted by Crippen LogP contribution is -2.32. The van der Waals surface area contributed by atoms with Gasteiger partial charge in [0.2, 0.25) is 15.9 Å². The first-order valence-electron chi connectivity index (χ1n) is 8.64. The van der Waals surface area contributed by atoms with Crippen LogP contribution in [0.2, 0.25) is 0 Å². The zero-order valence-corrected chi connectivity index (χ0v) is 18.3. The number of aromatic nitrogens is 2. The molecule has 2 aromatic heterocycles. The Morgan fingerprint density at radius 2 is 1.93 bits per heavy atom. The van der Waals surface area contributed by atoms with E-state index >= 15 is 0 Å². The molecular weight excluding hydrogens is 478 g/mol. The highest BCUT2D eigenvalue weighted by atomic mass is 79.9. The molecule has 2 N–H and O–H groups in total. The van der Waals surface area contributed by atoms with Crippen LogP contribution in [0.25, 0.3) is 10.1 Å². The lowest BCUT2D eigenvalue weighted by atomic mass is 9.91. The van der Waals surface area contributed by atoms with E-state index < -0.39 is 21.8 Å². The van der Waals surface area contributed by atoms with Gasteiger partial charge in [-0.1, -0.05) is 35.0 Å². The highest BCUT2D eigenvalue weighted by Gasteiger charge is 2.31. The predicted molar refractivity (Wildman–Crippen MR) is 115 cm³/mol. The van der Waals surface area contributed by atoms with Crippen LogP contribution in [-0.2, 0) is 10.0 Å². The molecule has 2 atom stereocenters. The van der Waals surface area contributed by atoms with Gasteiger partial charge in [-0.25, -0.2) is 18.3 Å². The van der Waals surface area contributed by atoms with Gasteiger partial charge in [0.05, 0.1) is 4.90 Å². The number of nitrogens with one attached hydrogen (secondary N) is 2. The third-order valence-corrected chi connectivity index (χ3v) is 7.51. The summed E-state index contributed by atoms with van der Waals surface area (Å²) in [5, 5.41) is 9.10. The van der Waals surface area contributed by atoms with Crippen LogP contribution >= 0.6 is 27.3 Å². The maximum atomic E-state index is 13.0. The number of H-pyrrole nitrogens is 1. The van der Waals surface area contributed by atoms with Crippen molar-refractivity contribution in [3.05, 3.63) is 80.4 Å². The maximum Gasteiger partial charge on any atom is 0.434 e. The summed E-state index contributed by atoms with van der Waals surface area (Å²) in [6.45, 7) is 1.87. The summed E-state index contributed by atoms with van der Waals surface area (Å²) in [5.74, 6) is -1.12. The Kier molecular flexibility index (Phi) is 5.43. The fraction of sp³-hybridized carbons (Fsp3) is 0.158. The predicted octanol–water partition coefficient (Wildman–Crippen LogP) is 4.16. The van der Waals surface area contributed by atoms with Gasteiger partial charge in [0, 0.05) is 15.1 Å². The third-order valence-electron chi connectivity index (χ3n) is 4.65. The van der Waals surface area contributed by atoms with Gasteiger partial charge >= 0.3 is 5.76 Å². The Bertz CT molecular complexity index is 1310. The van der Waals surface area contributed by atoms with E-state index in [4.69, 9.17) is 4.42 Å². The Labute approximate surface area is 179 Å². The molecule has 4 aromatic rings. The summed E-state index contributed by atoms with van der Waals surface area (Å²) in [7, 11) is -3.89. The zero-order chi connectivity index (χ0) is 20.6. The minimum absolute atomic E-state index is 0.0181. The molecule has 0 amide bonds. The molecule has 0 aliphatic carbocycles. The topological polar surface area (TPSA) is 105 Å². The average Bonchev–Trinajstić information content (AvgIpc) is 3.34. The van der Waals surface area contributed by atoms with Crippen LogP contribution in [0.4, 0.5) is 0 Å². The number of fused-ring (bicyclic) bond motifs is 1. The highest BCUT2D eigenvalue weighted by Crippen LogP contribution is 2.36. The van der Waals surface area contributed by atoms with Crippen molar-refractivity contribution in [1.29, 1.82) is 0 Å². The molecule has 10 heteroatoms. The molecule has 0 unspecified atom stereocenters. The molecule has 0 radical (unpaired) electrons. The summed E-state index contributed by atoms with van der Waals surface area (Å²) in [6.07, 6.45) is 0. The number of thiophene rings is 1. The van der Waals surface area contributed by atoms with Crippen LogP contribution in [0.3, 0.4) is 0 Å². The largest absolute Gasteiger partial charge is 0.434 e. The number of hydrogen-bond donors (Lipinski definition) is 2. The Morgan fingerprint density at radius 1 is 1.17 bits per heavy atom. The van der Waals surface area contributed by atoms with E-state index in [-0.39, 0.29) is 16.7 Å². The second kappa shape index (κ2) is 7.86. The van der Waals surface area contributed by atoms with Gasteiger partial charge in [0.25, 0.3) is 0 Å². The molecule has 0 saturated heterocycles. The van der Waals surface area contributed by atoms with Gasteiger partial charge in [-0.15, -0.1) is 16.4 Å². The smallest absolute Gasteiger partial charge is 0.391 e. The molecule has 4 rings (SSSR count). The SMILES string of the molecule is C[C@H](c1cccc2sccc12)[C@H](NS(=O)(=O)c1ccc(Br)cc1)c1n[nH]c(=O)o1. The summed E-state index contributed by atoms with van der Waals surface area (Å²) in [6, 6.07) is 13.3. The Balaban J connectivity index is 1.77. The van der Waals surface area contributed by atoms with Crippen molar-refractivity contribution in [3.8, 4) is 0 Å². The molecule has 0 fully saturated rings. The van der Waals surface area contributed by atoms with Crippen LogP contribution in [-0.4, -0.2) is 18.6 Å². The fourth-order valence-electron chi connectivity index (χ4n) is 3.18. The van der Waals surface area contributed by atoms with Crippen LogP contribution in [0.15, 0.2) is 72.5 Å². The van der Waals surface area contributed by atoms with Crippen molar-refractivity contribution in [1.82, 2.24) is 14.9 Å². The van der Waals surface area contributed by atoms with E-state index in [1.807, 2.05) is 36.6 Å². The lowest BCUT2D eigenvalue weighted by molar-refractivity contribution is 0.382. The normalized spacial score (nSPS) is 14.1. The minimum atomic E-state index is -3.89. The quantitative estimate of drug-likeness (QED) is 0.419. The van der Waals surface area contributed by atoms with Gasteiger partial charge in [0.15, 0.2) is 0 Å². The van der Waals surface area contributed by atoms with Gasteiger partial charge in [0.1, 0.15) is 6.04 Å². The summed E-state index contributed by atoms with van der Waals surface area (Å²) in [5.41, 5.74) is 0.929. The summed E-state index contributed by atoms with van der Waals surface area (Å²) in [4.78, 5) is 11.6. The molecule has 0 saturated carbocycles. The zero-order valence-electron chi connectivity index (χ0n) is 15.1. The molecule has 2 heterocycles. The number of sulfonamides is 1. The number of halogens is 1. The second-order valence-electron chi connectivity index (χ2n) is 6.47. The van der Waals surface area contributed by atoms with Gasteiger partial charge in [-0.2, -0.15) is 4.72 Å². The van der Waals surface area contributed by atoms with E-state index in [9.17, 15) is 13.2 Å². The molecule has 0 aliphatic rings. The van der Waals surface area contributed by atoms with Crippen LogP contribution < -0.4 is 10.5 Å². The van der Waals surface area contributed by atoms with Crippen molar-refractivity contribution >= 4 is 47.4 Å². The number of aromatic amines is 1. The third kappa shape index (κ3) is 4.06. The first kappa shape index (κ1) is 20.0. The average molecular weight is 494 g/mol. The van der Waals surface area contributed by atoms with Crippen LogP contribution in [0.5, 0.6) is 0 Å². The van der Waals surface area contributed by atoms with Gasteiger partial charge < -0.3 is 4.42 Å². The van der Waals surface area contributed by atoms with Crippen LogP contribution in [0.1, 0.15) is 30.3 Å². The monoisotopic (exact) mass is 493 g/mol. The number of hydrogen-bond acceptors (Lipinski definition) is 6. The molecule has 29 heavy (non-hydrogen) atoms. The van der Waals surface area contributed by atoms with Crippen molar-refractivity contribution in [3.63, 3.8) is 0 Å². The molecular formula is C19H16BrN3O4S2. The molecule has 0 bridgehead atoms. The standard InChI is InChI=1S/C19H16BrN3O4S2/c1-11(14-3-2-4-16-15(14)9-10-28-16)17(18-21-22-19(24)27-18)23-29(25,26)13-7-5-12(20)6-8-13/h2-11,17,23H,1H3,(H,22,24)/t11-,17+/m1/s1. The molecule has 2 aromatic carbocycles. The first-order chi connectivity index (χ1) is 13.8. The molecule has 0 spiro atoms. The summed E-state index contributed by atoms with van der Waals surface area (Å²) >= 11 is 4.90. The fourth-order valence-corrected chi connectivity index (χ4v) is 5.54. The lowest BCUT2D eigenvalue weighted by Gasteiger charge is -2.23. The highest BCUT2D eigenvalue weighted by molar-refractivity contribution is 9.10. The van der Waals surface area contributed by atoms with E-state index in [2.05, 4.69) is 30.8 Å². The number of nitrogens with zero attached hydrogens (tertiary/aromatic N) is 1. The van der Waals surface area contributed by atoms with E-state index in [0.29, 0.717) is 0 Å². The van der Waals surface area contributed by atoms with Crippen molar-refractivity contribution in [2.45, 2.75) is 23.8 Å². The van der Waals surface area contributed by atoms with E-state index in [1.54, 1.807) is 23.5 Å². The first-order valence-corrected chi connectivity index (χ1v) is 11.8. The van der Waals surface area contributed by atoms with Gasteiger partial charge in [-0.05, 0) is 52.7 Å². The molecule has 7 nitrogen and oxygen atoms in total. The van der Waals surface area contributed by atoms with Crippen molar-refractivity contribution in [2.24, 2.45) is 0 Å². The van der Waals surface area contributed by atoms with Crippen molar-refractivity contribution < 1.29 is 12.8 Å². The van der Waals surface area contributed by atoms with Crippen LogP contribution in [0, 0.1) is 0 Å².